The molecule has 0 atom stereocenters. The average molecular weight is 792 g/mol. The lowest BCUT2D eigenvalue weighted by Gasteiger charge is -2.19. The van der Waals surface area contributed by atoms with E-state index in [1.807, 2.05) is 6.07 Å². The van der Waals surface area contributed by atoms with E-state index in [1.54, 1.807) is 0 Å². The van der Waals surface area contributed by atoms with Gasteiger partial charge < -0.3 is 9.13 Å². The van der Waals surface area contributed by atoms with Gasteiger partial charge in [-0.15, -0.1) is 0 Å². The Morgan fingerprint density at radius 1 is 0.286 bits per heavy atom. The van der Waals surface area contributed by atoms with Gasteiger partial charge in [0.05, 0.1) is 16.6 Å². The van der Waals surface area contributed by atoms with Gasteiger partial charge in [0.15, 0.2) is 0 Å². The molecular weight excluding hydrogens is 757 g/mol. The van der Waals surface area contributed by atoms with Crippen LogP contribution in [0.25, 0.3) is 110 Å². The first-order valence-electron chi connectivity index (χ1n) is 21.3. The smallest absolute Gasteiger partial charge is 0.115 e. The maximum absolute atomic E-state index is 7.51. The minimum Gasteiger partial charge on any atom is -0.310 e. The van der Waals surface area contributed by atoms with Crippen LogP contribution in [0.15, 0.2) is 212 Å². The Morgan fingerprint density at radius 3 is 1.60 bits per heavy atom. The Hall–Kier alpha value is -7.75. The first-order valence-corrected chi connectivity index (χ1v) is 21.3. The van der Waals surface area contributed by atoms with Gasteiger partial charge in [-0.25, -0.2) is 0 Å². The number of aromatic nitrogens is 2. The molecule has 6 radical (unpaired) electrons. The lowest BCUT2D eigenvalue weighted by Crippen LogP contribution is -2.35. The first-order chi connectivity index (χ1) is 31.0. The molecule has 2 aromatic heterocycles. The van der Waals surface area contributed by atoms with Crippen LogP contribution in [0.1, 0.15) is 0 Å². The van der Waals surface area contributed by atoms with Crippen LogP contribution in [0.2, 0.25) is 0 Å². The van der Waals surface area contributed by atoms with E-state index in [9.17, 15) is 0 Å². The van der Waals surface area contributed by atoms with Crippen LogP contribution in [-0.4, -0.2) is 32.7 Å². The number of fused-ring (bicyclic) bond motifs is 7. The third kappa shape index (κ3) is 5.99. The number of benzene rings is 10. The van der Waals surface area contributed by atoms with E-state index >= 15 is 0 Å². The largest absolute Gasteiger partial charge is 0.310 e. The number of hydrogen-bond acceptors (Lipinski definition) is 0. The van der Waals surface area contributed by atoms with Crippen molar-refractivity contribution in [3.63, 3.8) is 0 Å². The van der Waals surface area contributed by atoms with Gasteiger partial charge >= 0.3 is 0 Å². The highest BCUT2D eigenvalue weighted by Crippen LogP contribution is 2.39. The summed E-state index contributed by atoms with van der Waals surface area (Å²) in [6.45, 7) is 0. The Kier molecular flexibility index (Phi) is 8.65. The molecule has 0 fully saturated rings. The molecular formula is C58H35B3N2. The topological polar surface area (TPSA) is 9.86 Å². The highest BCUT2D eigenvalue weighted by molar-refractivity contribution is 6.60. The van der Waals surface area contributed by atoms with Gasteiger partial charge in [-0.1, -0.05) is 168 Å². The molecule has 2 nitrogen and oxygen atoms in total. The predicted octanol–water partition coefficient (Wildman–Crippen LogP) is 12.1. The summed E-state index contributed by atoms with van der Waals surface area (Å²) in [6, 6.07) is 75.1. The summed E-state index contributed by atoms with van der Waals surface area (Å²) in [6.07, 6.45) is 0. The van der Waals surface area contributed by atoms with Crippen LogP contribution in [0.3, 0.4) is 0 Å². The van der Waals surface area contributed by atoms with Crippen molar-refractivity contribution in [2.75, 3.05) is 0 Å². The van der Waals surface area contributed by atoms with E-state index in [1.165, 1.54) is 16.3 Å². The van der Waals surface area contributed by atoms with E-state index in [4.69, 9.17) is 23.5 Å². The highest BCUT2D eigenvalue weighted by atomic mass is 15.0. The molecule has 286 valence electrons. The van der Waals surface area contributed by atoms with E-state index in [2.05, 4.69) is 215 Å². The van der Waals surface area contributed by atoms with Gasteiger partial charge in [0, 0.05) is 38.4 Å². The lowest BCUT2D eigenvalue weighted by atomic mass is 9.69. The Labute approximate surface area is 369 Å². The standard InChI is InChI=1S/C58H35B3N2/c59-55-53(44-27-31-51-48(35-44)47-20-9-10-21-50(47)62(51)46-19-11-18-41(33-46)37-14-5-2-6-15-37)56(60)57(61)58-54(55)49-34-43(42-23-22-38-16-7-8-17-40(38)32-42)26-30-52(49)63(58)45-28-24-39(25-29-45)36-12-3-1-4-13-36/h1-35H. The predicted molar refractivity (Wildman–Crippen MR) is 271 cm³/mol. The molecule has 0 N–H and O–H groups in total. The highest BCUT2D eigenvalue weighted by Gasteiger charge is 2.23. The van der Waals surface area contributed by atoms with Gasteiger partial charge in [-0.2, -0.15) is 0 Å². The molecule has 10 aromatic carbocycles. The van der Waals surface area contributed by atoms with Gasteiger partial charge in [-0.3, -0.25) is 0 Å². The summed E-state index contributed by atoms with van der Waals surface area (Å²) >= 11 is 0. The summed E-state index contributed by atoms with van der Waals surface area (Å²) in [5, 5.41) is 6.52. The number of hydrogen-bond donors (Lipinski definition) is 0. The van der Waals surface area contributed by atoms with Crippen molar-refractivity contribution in [3.05, 3.63) is 212 Å². The zero-order chi connectivity index (χ0) is 42.2. The van der Waals surface area contributed by atoms with Crippen molar-refractivity contribution in [1.29, 1.82) is 0 Å². The zero-order valence-electron chi connectivity index (χ0n) is 34.3. The molecule has 0 aliphatic rings. The normalized spacial score (nSPS) is 11.7. The summed E-state index contributed by atoms with van der Waals surface area (Å²) in [5.74, 6) is 0. The van der Waals surface area contributed by atoms with Crippen LogP contribution in [0.4, 0.5) is 0 Å². The molecule has 63 heavy (non-hydrogen) atoms. The number of para-hydroxylation sites is 1. The molecule has 12 rings (SSSR count). The van der Waals surface area contributed by atoms with Crippen LogP contribution in [0.5, 0.6) is 0 Å². The fourth-order valence-corrected chi connectivity index (χ4v) is 9.77. The minimum absolute atomic E-state index is 0.457. The van der Waals surface area contributed by atoms with Crippen molar-refractivity contribution < 1.29 is 0 Å². The van der Waals surface area contributed by atoms with Gasteiger partial charge in [0.25, 0.3) is 0 Å². The maximum atomic E-state index is 7.51. The molecule has 0 aliphatic heterocycles. The third-order valence-corrected chi connectivity index (χ3v) is 12.8. The second-order valence-corrected chi connectivity index (χ2v) is 16.4. The molecule has 0 aliphatic carbocycles. The Balaban J connectivity index is 1.08. The summed E-state index contributed by atoms with van der Waals surface area (Å²) < 4.78 is 4.56. The fraction of sp³-hybridized carbons (Fsp3) is 0. The van der Waals surface area contributed by atoms with E-state index in [0.717, 1.165) is 93.9 Å². The molecule has 0 spiro atoms. The van der Waals surface area contributed by atoms with E-state index < -0.39 is 0 Å². The molecule has 2 heterocycles. The number of nitrogens with zero attached hydrogens (tertiary/aromatic N) is 2. The fourth-order valence-electron chi connectivity index (χ4n) is 9.77. The van der Waals surface area contributed by atoms with Gasteiger partial charge in [0.2, 0.25) is 0 Å². The summed E-state index contributed by atoms with van der Waals surface area (Å²) in [5.41, 5.74) is 16.1. The SMILES string of the molecule is [B]c1c(-c2ccc3c(c2)c2ccccc2n3-c2cccc(-c3ccccc3)c2)c([B])c2c3cc(-c4ccc5ccccc5c4)ccc3n(-c3ccc(-c4ccccc4)cc3)c2c1[B]. The first kappa shape index (κ1) is 37.1. The Bertz CT molecular complexity index is 3750. The molecule has 0 saturated carbocycles. The molecule has 12 aromatic rings. The van der Waals surface area contributed by atoms with Gasteiger partial charge in [0.1, 0.15) is 23.5 Å². The third-order valence-electron chi connectivity index (χ3n) is 12.8. The zero-order valence-corrected chi connectivity index (χ0v) is 34.3. The number of rotatable bonds is 6. The molecule has 0 amide bonds. The van der Waals surface area contributed by atoms with Crippen LogP contribution in [-0.2, 0) is 0 Å². The Morgan fingerprint density at radius 2 is 0.825 bits per heavy atom. The second-order valence-electron chi connectivity index (χ2n) is 16.4. The average Bonchev–Trinajstić information content (AvgIpc) is 3.87. The lowest BCUT2D eigenvalue weighted by molar-refractivity contribution is 1.18. The van der Waals surface area contributed by atoms with Crippen molar-refractivity contribution in [3.8, 4) is 55.9 Å². The monoisotopic (exact) mass is 792 g/mol. The summed E-state index contributed by atoms with van der Waals surface area (Å²) in [4.78, 5) is 0. The van der Waals surface area contributed by atoms with Crippen molar-refractivity contribution >= 4 is 94.3 Å². The van der Waals surface area contributed by atoms with Crippen molar-refractivity contribution in [2.24, 2.45) is 0 Å². The van der Waals surface area contributed by atoms with Crippen molar-refractivity contribution in [1.82, 2.24) is 9.13 Å². The quantitative estimate of drug-likeness (QED) is 0.148. The second kappa shape index (κ2) is 14.7. The van der Waals surface area contributed by atoms with Crippen molar-refractivity contribution in [2.45, 2.75) is 0 Å². The molecule has 0 saturated heterocycles. The van der Waals surface area contributed by atoms with Crippen LogP contribution >= 0.6 is 0 Å². The minimum atomic E-state index is 0.457. The molecule has 0 bridgehead atoms. The maximum Gasteiger partial charge on any atom is 0.115 e. The van der Waals surface area contributed by atoms with E-state index in [0.29, 0.717) is 16.4 Å². The van der Waals surface area contributed by atoms with Crippen LogP contribution < -0.4 is 16.4 Å². The van der Waals surface area contributed by atoms with Gasteiger partial charge in [-0.05, 0) is 116 Å². The van der Waals surface area contributed by atoms with Crippen LogP contribution in [0, 0.1) is 0 Å². The molecule has 0 unspecified atom stereocenters. The summed E-state index contributed by atoms with van der Waals surface area (Å²) in [7, 11) is 22.0. The van der Waals surface area contributed by atoms with E-state index in [-0.39, 0.29) is 0 Å². The molecule has 5 heteroatoms.